The minimum atomic E-state index is -0.334. The average Bonchev–Trinajstić information content (AvgIpc) is 2.81. The van der Waals surface area contributed by atoms with Crippen molar-refractivity contribution in [2.24, 2.45) is 0 Å². The van der Waals surface area contributed by atoms with E-state index in [1.807, 2.05) is 13.0 Å². The van der Waals surface area contributed by atoms with E-state index in [1.54, 1.807) is 12.1 Å². The molecule has 7 heteroatoms. The summed E-state index contributed by atoms with van der Waals surface area (Å²) < 4.78 is 17.3. The van der Waals surface area contributed by atoms with Gasteiger partial charge in [0.25, 0.3) is 0 Å². The Bertz CT molecular complexity index is 967. The first kappa shape index (κ1) is 24.8. The van der Waals surface area contributed by atoms with E-state index in [-0.39, 0.29) is 23.4 Å². The van der Waals surface area contributed by atoms with Crippen LogP contribution in [-0.4, -0.2) is 25.2 Å². The van der Waals surface area contributed by atoms with E-state index in [0.29, 0.717) is 60.3 Å². The molecule has 0 aromatic heterocycles. The fourth-order valence-corrected chi connectivity index (χ4v) is 3.84. The number of esters is 2. The molecular weight excluding hydrogens is 424 g/mol. The normalized spacial score (nSPS) is 12.7. The molecule has 1 aliphatic heterocycles. The zero-order valence-corrected chi connectivity index (χ0v) is 19.9. The van der Waals surface area contributed by atoms with E-state index >= 15 is 0 Å². The first-order valence-corrected chi connectivity index (χ1v) is 12.0. The lowest BCUT2D eigenvalue weighted by molar-refractivity contribution is -0.216. The second kappa shape index (κ2) is 12.4. The molecule has 0 saturated heterocycles. The fraction of sp³-hybridized carbons (Fsp3) is 0.538. The van der Waals surface area contributed by atoms with E-state index in [0.717, 1.165) is 38.5 Å². The van der Waals surface area contributed by atoms with Crippen LogP contribution in [0, 0.1) is 0 Å². The van der Waals surface area contributed by atoms with Crippen LogP contribution in [0.3, 0.4) is 0 Å². The molecule has 0 amide bonds. The molecular formula is C26H34O7. The van der Waals surface area contributed by atoms with Gasteiger partial charge in [-0.3, -0.25) is 9.59 Å². The van der Waals surface area contributed by atoms with Crippen LogP contribution < -0.4 is 19.1 Å². The molecule has 0 spiro atoms. The molecule has 0 fully saturated rings. The molecule has 0 N–H and O–H groups in total. The van der Waals surface area contributed by atoms with Crippen molar-refractivity contribution in [3.8, 4) is 23.0 Å². The van der Waals surface area contributed by atoms with E-state index in [4.69, 9.17) is 24.0 Å². The number of ether oxygens (including phenoxy) is 3. The van der Waals surface area contributed by atoms with Crippen molar-refractivity contribution in [1.82, 2.24) is 0 Å². The Morgan fingerprint density at radius 2 is 1.55 bits per heavy atom. The SMILES string of the molecule is CCCCCC(=O)Oc1c2c(c(OC(=O)CCCCC)c3ccc(OCC)cc13)OOCC2. The quantitative estimate of drug-likeness (QED) is 0.165. The van der Waals surface area contributed by atoms with Crippen molar-refractivity contribution in [1.29, 1.82) is 0 Å². The Morgan fingerprint density at radius 3 is 2.18 bits per heavy atom. The largest absolute Gasteiger partial charge is 0.494 e. The summed E-state index contributed by atoms with van der Waals surface area (Å²) in [7, 11) is 0. The number of fused-ring (bicyclic) bond motifs is 2. The minimum absolute atomic E-state index is 0.287. The first-order chi connectivity index (χ1) is 16.1. The maximum absolute atomic E-state index is 12.6. The highest BCUT2D eigenvalue weighted by Crippen LogP contribution is 2.48. The second-order valence-electron chi connectivity index (χ2n) is 8.12. The summed E-state index contributed by atoms with van der Waals surface area (Å²) in [4.78, 5) is 35.9. The fourth-order valence-electron chi connectivity index (χ4n) is 3.84. The van der Waals surface area contributed by atoms with Crippen LogP contribution in [0.5, 0.6) is 23.0 Å². The third-order valence-corrected chi connectivity index (χ3v) is 5.52. The van der Waals surface area contributed by atoms with E-state index in [2.05, 4.69) is 13.8 Å². The lowest BCUT2D eigenvalue weighted by atomic mass is 9.99. The van der Waals surface area contributed by atoms with Crippen molar-refractivity contribution >= 4 is 22.7 Å². The molecule has 1 aliphatic rings. The summed E-state index contributed by atoms with van der Waals surface area (Å²) in [5.74, 6) is 0.996. The standard InChI is InChI=1S/C26H34O7/c1-4-7-9-11-22(27)31-24-20-15-16-30-33-26(20)25(32-23(28)12-10-8-5-2)19-14-13-18(29-6-3)17-21(19)24/h13-14,17H,4-12,15-16H2,1-3H3. The zero-order valence-electron chi connectivity index (χ0n) is 19.9. The monoisotopic (exact) mass is 458 g/mol. The number of benzene rings is 2. The zero-order chi connectivity index (χ0) is 23.6. The van der Waals surface area contributed by atoms with Crippen LogP contribution >= 0.6 is 0 Å². The third kappa shape index (κ3) is 6.38. The molecule has 2 aromatic rings. The van der Waals surface area contributed by atoms with Crippen LogP contribution in [0.2, 0.25) is 0 Å². The maximum Gasteiger partial charge on any atom is 0.311 e. The molecule has 7 nitrogen and oxygen atoms in total. The minimum Gasteiger partial charge on any atom is -0.494 e. The first-order valence-electron chi connectivity index (χ1n) is 12.0. The van der Waals surface area contributed by atoms with Crippen molar-refractivity contribution in [2.75, 3.05) is 13.2 Å². The van der Waals surface area contributed by atoms with Crippen molar-refractivity contribution in [2.45, 2.75) is 78.6 Å². The van der Waals surface area contributed by atoms with Gasteiger partial charge in [0.2, 0.25) is 5.75 Å². The molecule has 180 valence electrons. The topological polar surface area (TPSA) is 80.3 Å². The Morgan fingerprint density at radius 1 is 0.879 bits per heavy atom. The predicted molar refractivity (Wildman–Crippen MR) is 125 cm³/mol. The van der Waals surface area contributed by atoms with Crippen LogP contribution in [0.1, 0.15) is 77.7 Å². The smallest absolute Gasteiger partial charge is 0.311 e. The van der Waals surface area contributed by atoms with Gasteiger partial charge in [-0.1, -0.05) is 39.5 Å². The lowest BCUT2D eigenvalue weighted by Gasteiger charge is -2.23. The van der Waals surface area contributed by atoms with Crippen molar-refractivity contribution < 1.29 is 33.6 Å². The van der Waals surface area contributed by atoms with Gasteiger partial charge in [0, 0.05) is 35.6 Å². The molecule has 0 radical (unpaired) electrons. The van der Waals surface area contributed by atoms with Gasteiger partial charge in [-0.25, -0.2) is 0 Å². The van der Waals surface area contributed by atoms with Crippen molar-refractivity contribution in [3.63, 3.8) is 0 Å². The molecule has 0 saturated carbocycles. The van der Waals surface area contributed by atoms with E-state index < -0.39 is 0 Å². The van der Waals surface area contributed by atoms with E-state index in [1.165, 1.54) is 0 Å². The molecule has 33 heavy (non-hydrogen) atoms. The summed E-state index contributed by atoms with van der Waals surface area (Å²) in [6.45, 7) is 6.87. The Kier molecular flexibility index (Phi) is 9.36. The summed E-state index contributed by atoms with van der Waals surface area (Å²) in [6.07, 6.45) is 6.60. The molecule has 0 unspecified atom stereocenters. The maximum atomic E-state index is 12.6. The molecule has 0 atom stereocenters. The van der Waals surface area contributed by atoms with Crippen LogP contribution in [-0.2, 0) is 20.9 Å². The van der Waals surface area contributed by atoms with Gasteiger partial charge in [0.15, 0.2) is 5.75 Å². The molecule has 3 rings (SSSR count). The molecule has 0 bridgehead atoms. The van der Waals surface area contributed by atoms with E-state index in [9.17, 15) is 9.59 Å². The van der Waals surface area contributed by atoms with Crippen LogP contribution in [0.4, 0.5) is 0 Å². The summed E-state index contributed by atoms with van der Waals surface area (Å²) in [5, 5.41) is 1.24. The van der Waals surface area contributed by atoms with Gasteiger partial charge in [-0.15, -0.1) is 0 Å². The van der Waals surface area contributed by atoms with Gasteiger partial charge >= 0.3 is 11.9 Å². The number of hydrogen-bond acceptors (Lipinski definition) is 7. The highest BCUT2D eigenvalue weighted by Gasteiger charge is 2.29. The predicted octanol–water partition coefficient (Wildman–Crippen LogP) is 6.08. The second-order valence-corrected chi connectivity index (χ2v) is 8.12. The molecule has 1 heterocycles. The van der Waals surface area contributed by atoms with Gasteiger partial charge in [0.1, 0.15) is 11.5 Å². The van der Waals surface area contributed by atoms with Crippen LogP contribution in [0.15, 0.2) is 18.2 Å². The Labute approximate surface area is 195 Å². The lowest BCUT2D eigenvalue weighted by Crippen LogP contribution is -2.18. The van der Waals surface area contributed by atoms with Crippen molar-refractivity contribution in [3.05, 3.63) is 23.8 Å². The number of rotatable bonds is 12. The molecule has 0 aliphatic carbocycles. The van der Waals surface area contributed by atoms with Gasteiger partial charge < -0.3 is 19.1 Å². The molecule has 2 aromatic carbocycles. The Hall–Kier alpha value is -2.80. The number of carbonyl (C=O) groups is 2. The number of carbonyl (C=O) groups excluding carboxylic acids is 2. The highest BCUT2D eigenvalue weighted by molar-refractivity contribution is 6.00. The van der Waals surface area contributed by atoms with Crippen LogP contribution in [0.25, 0.3) is 10.8 Å². The highest BCUT2D eigenvalue weighted by atomic mass is 17.2. The Balaban J connectivity index is 2.05. The average molecular weight is 459 g/mol. The number of unbranched alkanes of at least 4 members (excludes halogenated alkanes) is 4. The summed E-state index contributed by atoms with van der Waals surface area (Å²) in [6, 6.07) is 5.41. The van der Waals surface area contributed by atoms with Gasteiger partial charge in [-0.2, -0.15) is 4.89 Å². The number of hydrogen-bond donors (Lipinski definition) is 0. The van der Waals surface area contributed by atoms with Gasteiger partial charge in [0.05, 0.1) is 13.2 Å². The summed E-state index contributed by atoms with van der Waals surface area (Å²) >= 11 is 0. The third-order valence-electron chi connectivity index (χ3n) is 5.52. The summed E-state index contributed by atoms with van der Waals surface area (Å²) in [5.41, 5.74) is 0.655. The van der Waals surface area contributed by atoms with Gasteiger partial charge in [-0.05, 0) is 38.0 Å².